The van der Waals surface area contributed by atoms with Crippen LogP contribution in [0.25, 0.3) is 0 Å². The van der Waals surface area contributed by atoms with Crippen LogP contribution in [0.5, 0.6) is 0 Å². The number of hydrogen-bond donors (Lipinski definition) is 1. The molecule has 5 nitrogen and oxygen atoms in total. The van der Waals surface area contributed by atoms with Gasteiger partial charge in [-0.25, -0.2) is 4.98 Å². The Kier molecular flexibility index (Phi) is 3.49. The Labute approximate surface area is 103 Å². The monoisotopic (exact) mass is 237 g/mol. The second kappa shape index (κ2) is 4.74. The quantitative estimate of drug-likeness (QED) is 0.844. The molecule has 96 valence electrons. The average molecular weight is 237 g/mol. The minimum Gasteiger partial charge on any atom is -0.311 e. The van der Waals surface area contributed by atoms with E-state index in [9.17, 15) is 0 Å². The second-order valence-corrected chi connectivity index (χ2v) is 5.48. The maximum absolute atomic E-state index is 4.32. The van der Waals surface area contributed by atoms with E-state index in [4.69, 9.17) is 0 Å². The summed E-state index contributed by atoms with van der Waals surface area (Å²) in [5.41, 5.74) is 0.178. The van der Waals surface area contributed by atoms with Crippen molar-refractivity contribution in [3.63, 3.8) is 0 Å². The Morgan fingerprint density at radius 3 is 2.88 bits per heavy atom. The summed E-state index contributed by atoms with van der Waals surface area (Å²) in [6.07, 6.45) is 2.80. The van der Waals surface area contributed by atoms with Gasteiger partial charge in [0.25, 0.3) is 0 Å². The van der Waals surface area contributed by atoms with E-state index in [1.807, 2.05) is 11.7 Å². The molecule has 1 atom stereocenters. The molecule has 0 amide bonds. The molecule has 0 spiro atoms. The van der Waals surface area contributed by atoms with Gasteiger partial charge < -0.3 is 5.32 Å². The molecule has 1 unspecified atom stereocenters. The van der Waals surface area contributed by atoms with Crippen molar-refractivity contribution in [1.82, 2.24) is 25.0 Å². The van der Waals surface area contributed by atoms with Crippen LogP contribution in [0, 0.1) is 0 Å². The summed E-state index contributed by atoms with van der Waals surface area (Å²) in [7, 11) is 1.95. The normalized spacial score (nSPS) is 25.1. The van der Waals surface area contributed by atoms with Crippen LogP contribution in [0.2, 0.25) is 0 Å². The lowest BCUT2D eigenvalue weighted by Gasteiger charge is -2.45. The van der Waals surface area contributed by atoms with Crippen LogP contribution in [0.4, 0.5) is 0 Å². The number of piperazine rings is 1. The molecule has 2 rings (SSSR count). The minimum absolute atomic E-state index is 0.178. The minimum atomic E-state index is 0.178. The Morgan fingerprint density at radius 1 is 1.53 bits per heavy atom. The maximum atomic E-state index is 4.32. The highest BCUT2D eigenvalue weighted by atomic mass is 15.4. The molecule has 5 heteroatoms. The Balaban J connectivity index is 2.09. The van der Waals surface area contributed by atoms with E-state index in [1.165, 1.54) is 6.42 Å². The van der Waals surface area contributed by atoms with Crippen molar-refractivity contribution in [2.45, 2.75) is 45.3 Å². The highest BCUT2D eigenvalue weighted by Gasteiger charge is 2.33. The van der Waals surface area contributed by atoms with E-state index >= 15 is 0 Å². The van der Waals surface area contributed by atoms with Gasteiger partial charge in [0.1, 0.15) is 12.2 Å². The van der Waals surface area contributed by atoms with Crippen LogP contribution in [0.1, 0.15) is 33.0 Å². The van der Waals surface area contributed by atoms with Gasteiger partial charge >= 0.3 is 0 Å². The van der Waals surface area contributed by atoms with Gasteiger partial charge in [-0.3, -0.25) is 9.58 Å². The third kappa shape index (κ3) is 2.66. The van der Waals surface area contributed by atoms with Gasteiger partial charge in [-0.2, -0.15) is 5.10 Å². The molecule has 0 saturated carbocycles. The zero-order valence-corrected chi connectivity index (χ0v) is 11.3. The van der Waals surface area contributed by atoms with Crippen LogP contribution in [0.15, 0.2) is 6.33 Å². The third-order valence-electron chi connectivity index (χ3n) is 3.75. The number of rotatable bonds is 3. The van der Waals surface area contributed by atoms with Crippen molar-refractivity contribution < 1.29 is 0 Å². The third-order valence-corrected chi connectivity index (χ3v) is 3.75. The standard InChI is InChI=1S/C12H23N5/c1-5-10-6-17(12(2,3)8-13-10)7-11-14-9-15-16(11)4/h9-10,13H,5-8H2,1-4H3. The van der Waals surface area contributed by atoms with Crippen LogP contribution < -0.4 is 5.32 Å². The molecule has 1 aliphatic heterocycles. The summed E-state index contributed by atoms with van der Waals surface area (Å²) in [6.45, 7) is 9.78. The van der Waals surface area contributed by atoms with E-state index in [0.717, 1.165) is 25.5 Å². The van der Waals surface area contributed by atoms with Crippen LogP contribution in [0.3, 0.4) is 0 Å². The highest BCUT2D eigenvalue weighted by molar-refractivity contribution is 4.95. The summed E-state index contributed by atoms with van der Waals surface area (Å²) >= 11 is 0. The number of hydrogen-bond acceptors (Lipinski definition) is 4. The molecule has 1 N–H and O–H groups in total. The van der Waals surface area contributed by atoms with Crippen molar-refractivity contribution in [2.75, 3.05) is 13.1 Å². The lowest BCUT2D eigenvalue weighted by Crippen LogP contribution is -2.61. The Bertz CT molecular complexity index is 371. The molecule has 0 bridgehead atoms. The van der Waals surface area contributed by atoms with Gasteiger partial charge in [-0.15, -0.1) is 0 Å². The number of nitrogens with one attached hydrogen (secondary N) is 1. The fraction of sp³-hybridized carbons (Fsp3) is 0.833. The molecule has 1 aliphatic rings. The predicted octanol–water partition coefficient (Wildman–Crippen LogP) is 0.777. The first-order chi connectivity index (χ1) is 8.03. The Morgan fingerprint density at radius 2 is 2.29 bits per heavy atom. The van der Waals surface area contributed by atoms with E-state index in [2.05, 4.69) is 41.1 Å². The molecule has 0 aromatic carbocycles. The van der Waals surface area contributed by atoms with Gasteiger partial charge in [0.15, 0.2) is 0 Å². The van der Waals surface area contributed by atoms with Crippen molar-refractivity contribution in [3.8, 4) is 0 Å². The number of nitrogens with zero attached hydrogens (tertiary/aromatic N) is 4. The summed E-state index contributed by atoms with van der Waals surface area (Å²) in [5, 5.41) is 7.73. The molecule has 0 radical (unpaired) electrons. The van der Waals surface area contributed by atoms with E-state index in [0.29, 0.717) is 6.04 Å². The lowest BCUT2D eigenvalue weighted by atomic mass is 9.96. The number of aryl methyl sites for hydroxylation is 1. The molecule has 1 aromatic rings. The molecular weight excluding hydrogens is 214 g/mol. The van der Waals surface area contributed by atoms with Crippen molar-refractivity contribution in [3.05, 3.63) is 12.2 Å². The zero-order chi connectivity index (χ0) is 12.5. The summed E-state index contributed by atoms with van der Waals surface area (Å²) in [5.74, 6) is 1.04. The van der Waals surface area contributed by atoms with E-state index in [1.54, 1.807) is 6.33 Å². The Hall–Kier alpha value is -0.940. The molecule has 1 aromatic heterocycles. The first-order valence-electron chi connectivity index (χ1n) is 6.34. The molecule has 17 heavy (non-hydrogen) atoms. The predicted molar refractivity (Wildman–Crippen MR) is 67.6 cm³/mol. The largest absolute Gasteiger partial charge is 0.311 e. The smallest absolute Gasteiger partial charge is 0.140 e. The van der Waals surface area contributed by atoms with Crippen LogP contribution in [-0.4, -0.2) is 44.3 Å². The maximum Gasteiger partial charge on any atom is 0.140 e. The summed E-state index contributed by atoms with van der Waals surface area (Å²) in [4.78, 5) is 6.82. The van der Waals surface area contributed by atoms with E-state index < -0.39 is 0 Å². The van der Waals surface area contributed by atoms with Crippen LogP contribution in [-0.2, 0) is 13.6 Å². The first kappa shape index (κ1) is 12.5. The highest BCUT2D eigenvalue weighted by Crippen LogP contribution is 2.21. The number of aromatic nitrogens is 3. The fourth-order valence-corrected chi connectivity index (χ4v) is 2.27. The van der Waals surface area contributed by atoms with Gasteiger partial charge in [0.05, 0.1) is 6.54 Å². The van der Waals surface area contributed by atoms with Gasteiger partial charge in [0, 0.05) is 31.7 Å². The fourth-order valence-electron chi connectivity index (χ4n) is 2.27. The average Bonchev–Trinajstić information content (AvgIpc) is 2.67. The molecule has 2 heterocycles. The van der Waals surface area contributed by atoms with Crippen molar-refractivity contribution in [2.24, 2.45) is 7.05 Å². The van der Waals surface area contributed by atoms with Crippen molar-refractivity contribution in [1.29, 1.82) is 0 Å². The lowest BCUT2D eigenvalue weighted by molar-refractivity contribution is 0.0542. The molecular formula is C12H23N5. The summed E-state index contributed by atoms with van der Waals surface area (Å²) < 4.78 is 1.86. The topological polar surface area (TPSA) is 46.0 Å². The van der Waals surface area contributed by atoms with E-state index in [-0.39, 0.29) is 5.54 Å². The second-order valence-electron chi connectivity index (χ2n) is 5.48. The zero-order valence-electron chi connectivity index (χ0n) is 11.3. The van der Waals surface area contributed by atoms with Crippen molar-refractivity contribution >= 4 is 0 Å². The van der Waals surface area contributed by atoms with Gasteiger partial charge in [-0.05, 0) is 20.3 Å². The molecule has 0 aliphatic carbocycles. The van der Waals surface area contributed by atoms with Gasteiger partial charge in [0.2, 0.25) is 0 Å². The first-order valence-corrected chi connectivity index (χ1v) is 6.34. The molecule has 1 fully saturated rings. The summed E-state index contributed by atoms with van der Waals surface area (Å²) in [6, 6.07) is 0.594. The van der Waals surface area contributed by atoms with Crippen LogP contribution >= 0.6 is 0 Å². The molecule has 1 saturated heterocycles. The van der Waals surface area contributed by atoms with Gasteiger partial charge in [-0.1, -0.05) is 6.92 Å². The SMILES string of the molecule is CCC1CN(Cc2ncnn2C)C(C)(C)CN1.